The van der Waals surface area contributed by atoms with E-state index in [0.29, 0.717) is 54.8 Å². The Bertz CT molecular complexity index is 1200. The number of carbonyl (C=O) groups is 2. The van der Waals surface area contributed by atoms with Gasteiger partial charge in [-0.2, -0.15) is 0 Å². The summed E-state index contributed by atoms with van der Waals surface area (Å²) in [6.07, 6.45) is 6.09. The number of nitro benzene ring substituents is 1. The number of nitro groups is 1. The lowest BCUT2D eigenvalue weighted by molar-refractivity contribution is -0.384. The first-order chi connectivity index (χ1) is 17.9. The summed E-state index contributed by atoms with van der Waals surface area (Å²) in [5, 5.41) is 15.2. The van der Waals surface area contributed by atoms with Crippen LogP contribution in [0.5, 0.6) is 0 Å². The third-order valence-corrected chi connectivity index (χ3v) is 8.96. The molecule has 2 aromatic rings. The minimum Gasteiger partial charge on any atom is -0.362 e. The van der Waals surface area contributed by atoms with Crippen molar-refractivity contribution in [3.05, 3.63) is 69.5 Å². The molecule has 7 rings (SSSR count). The number of carbonyl (C=O) groups excluding carboxylic acids is 2. The van der Waals surface area contributed by atoms with E-state index in [2.05, 4.69) is 5.32 Å². The molecule has 4 bridgehead atoms. The zero-order chi connectivity index (χ0) is 25.7. The topological polar surface area (TPSA) is 95.8 Å². The largest absolute Gasteiger partial charge is 0.362 e. The molecule has 1 N–H and O–H groups in total. The monoisotopic (exact) mass is 506 g/mol. The van der Waals surface area contributed by atoms with Crippen LogP contribution in [0.2, 0.25) is 0 Å². The van der Waals surface area contributed by atoms with Crippen molar-refractivity contribution in [1.82, 2.24) is 10.2 Å². The first-order valence-corrected chi connectivity index (χ1v) is 13.2. The lowest BCUT2D eigenvalue weighted by atomic mass is 9.54. The van der Waals surface area contributed by atoms with Gasteiger partial charge in [0.2, 0.25) is 0 Å². The second kappa shape index (κ2) is 9.43. The zero-order valence-electron chi connectivity index (χ0n) is 20.6. The highest BCUT2D eigenvalue weighted by atomic mass is 19.1. The molecule has 5 aliphatic rings. The second-order valence-electron chi connectivity index (χ2n) is 11.2. The van der Waals surface area contributed by atoms with Crippen molar-refractivity contribution >= 4 is 23.2 Å². The molecule has 2 amide bonds. The predicted molar refractivity (Wildman–Crippen MR) is 136 cm³/mol. The standard InChI is InChI=1S/C28H31FN4O4/c29-23-4-1-19(2-5-23)28(35)32-9-7-31(8-10-32)24-6-3-20(16-25(24)33(36)37)27(34)30-26-21-12-17-11-18(14-21)15-22(26)13-17/h1-6,16-18,21-22,26H,7-15H2,(H,30,34). The average molecular weight is 507 g/mol. The Morgan fingerprint density at radius 3 is 2.05 bits per heavy atom. The van der Waals surface area contributed by atoms with Crippen LogP contribution in [-0.4, -0.2) is 53.9 Å². The van der Waals surface area contributed by atoms with Gasteiger partial charge in [-0.1, -0.05) is 0 Å². The number of halogens is 1. The van der Waals surface area contributed by atoms with Gasteiger partial charge in [0, 0.05) is 49.4 Å². The molecular formula is C28H31FN4O4. The van der Waals surface area contributed by atoms with Crippen LogP contribution >= 0.6 is 0 Å². The van der Waals surface area contributed by atoms with Gasteiger partial charge in [-0.05, 0) is 92.2 Å². The molecule has 0 unspecified atom stereocenters. The van der Waals surface area contributed by atoms with Gasteiger partial charge in [0.1, 0.15) is 11.5 Å². The number of nitrogens with zero attached hydrogens (tertiary/aromatic N) is 3. The van der Waals surface area contributed by atoms with Crippen LogP contribution in [0.4, 0.5) is 15.8 Å². The molecule has 0 atom stereocenters. The van der Waals surface area contributed by atoms with Gasteiger partial charge in [0.15, 0.2) is 0 Å². The van der Waals surface area contributed by atoms with Crippen LogP contribution in [0, 0.1) is 39.6 Å². The third-order valence-electron chi connectivity index (χ3n) is 8.96. The summed E-state index contributed by atoms with van der Waals surface area (Å²) in [4.78, 5) is 41.0. The highest BCUT2D eigenvalue weighted by molar-refractivity contribution is 5.96. The molecular weight excluding hydrogens is 475 g/mol. The van der Waals surface area contributed by atoms with Gasteiger partial charge < -0.3 is 15.1 Å². The van der Waals surface area contributed by atoms with Crippen LogP contribution in [0.25, 0.3) is 0 Å². The van der Waals surface area contributed by atoms with Crippen molar-refractivity contribution in [3.8, 4) is 0 Å². The summed E-state index contributed by atoms with van der Waals surface area (Å²) >= 11 is 0. The van der Waals surface area contributed by atoms with Crippen molar-refractivity contribution in [2.45, 2.75) is 38.1 Å². The van der Waals surface area contributed by atoms with Gasteiger partial charge in [0.05, 0.1) is 4.92 Å². The molecule has 37 heavy (non-hydrogen) atoms. The lowest BCUT2D eigenvalue weighted by Crippen LogP contribution is -2.55. The first kappa shape index (κ1) is 23.9. The Morgan fingerprint density at radius 2 is 1.46 bits per heavy atom. The third kappa shape index (κ3) is 4.55. The minimum atomic E-state index is -0.439. The summed E-state index contributed by atoms with van der Waals surface area (Å²) in [5.41, 5.74) is 1.07. The molecule has 0 spiro atoms. The van der Waals surface area contributed by atoms with Crippen molar-refractivity contribution in [2.75, 3.05) is 31.1 Å². The number of hydrogen-bond acceptors (Lipinski definition) is 5. The Kier molecular flexibility index (Phi) is 6.09. The van der Waals surface area contributed by atoms with Gasteiger partial charge in [0.25, 0.3) is 17.5 Å². The van der Waals surface area contributed by atoms with E-state index in [1.54, 1.807) is 17.0 Å². The van der Waals surface area contributed by atoms with Crippen LogP contribution in [0.3, 0.4) is 0 Å². The minimum absolute atomic E-state index is 0.101. The summed E-state index contributed by atoms with van der Waals surface area (Å²) in [7, 11) is 0. The Morgan fingerprint density at radius 1 is 0.865 bits per heavy atom. The molecule has 9 heteroatoms. The Labute approximate surface area is 215 Å². The number of anilines is 1. The van der Waals surface area contributed by atoms with Gasteiger partial charge in [-0.3, -0.25) is 19.7 Å². The van der Waals surface area contributed by atoms with Crippen molar-refractivity contribution in [3.63, 3.8) is 0 Å². The number of hydrogen-bond donors (Lipinski definition) is 1. The molecule has 194 valence electrons. The fourth-order valence-electron chi connectivity index (χ4n) is 7.40. The maximum Gasteiger partial charge on any atom is 0.293 e. The number of benzene rings is 2. The molecule has 1 saturated heterocycles. The van der Waals surface area contributed by atoms with E-state index in [9.17, 15) is 24.1 Å². The van der Waals surface area contributed by atoms with E-state index < -0.39 is 10.7 Å². The second-order valence-corrected chi connectivity index (χ2v) is 11.2. The quantitative estimate of drug-likeness (QED) is 0.483. The highest BCUT2D eigenvalue weighted by Crippen LogP contribution is 2.53. The van der Waals surface area contributed by atoms with E-state index in [4.69, 9.17) is 0 Å². The Hall–Kier alpha value is -3.49. The fraction of sp³-hybridized carbons (Fsp3) is 0.500. The molecule has 8 nitrogen and oxygen atoms in total. The molecule has 4 saturated carbocycles. The highest BCUT2D eigenvalue weighted by Gasteiger charge is 2.48. The van der Waals surface area contributed by atoms with E-state index in [1.807, 2.05) is 4.90 Å². The van der Waals surface area contributed by atoms with Crippen LogP contribution < -0.4 is 10.2 Å². The molecule has 0 aromatic heterocycles. The van der Waals surface area contributed by atoms with Gasteiger partial charge in [-0.15, -0.1) is 0 Å². The number of piperazine rings is 1. The van der Waals surface area contributed by atoms with Crippen molar-refractivity contribution in [1.29, 1.82) is 0 Å². The van der Waals surface area contributed by atoms with Crippen LogP contribution in [0.1, 0.15) is 52.8 Å². The average Bonchev–Trinajstić information content (AvgIpc) is 2.90. The first-order valence-electron chi connectivity index (χ1n) is 13.2. The molecule has 5 fully saturated rings. The molecule has 0 radical (unpaired) electrons. The van der Waals surface area contributed by atoms with Gasteiger partial charge in [-0.25, -0.2) is 4.39 Å². The van der Waals surface area contributed by atoms with Gasteiger partial charge >= 0.3 is 0 Å². The molecule has 4 aliphatic carbocycles. The SMILES string of the molecule is O=C(NC1C2CC3CC(C2)CC1C3)c1ccc(N2CCN(C(=O)c3ccc(F)cc3)CC2)c([N+](=O)[O-])c1. The fourth-order valence-corrected chi connectivity index (χ4v) is 7.40. The lowest BCUT2D eigenvalue weighted by Gasteiger charge is -2.54. The summed E-state index contributed by atoms with van der Waals surface area (Å²) < 4.78 is 13.2. The number of rotatable bonds is 5. The van der Waals surface area contributed by atoms with E-state index in [0.717, 1.165) is 11.8 Å². The molecule has 1 heterocycles. The van der Waals surface area contributed by atoms with Crippen LogP contribution in [0.15, 0.2) is 42.5 Å². The number of amides is 2. The zero-order valence-corrected chi connectivity index (χ0v) is 20.6. The maximum absolute atomic E-state index is 13.2. The smallest absolute Gasteiger partial charge is 0.293 e. The van der Waals surface area contributed by atoms with E-state index in [-0.39, 0.29) is 23.5 Å². The Balaban J connectivity index is 1.13. The van der Waals surface area contributed by atoms with Crippen molar-refractivity contribution in [2.24, 2.45) is 23.7 Å². The summed E-state index contributed by atoms with van der Waals surface area (Å²) in [6.45, 7) is 1.63. The maximum atomic E-state index is 13.2. The summed E-state index contributed by atoms with van der Waals surface area (Å²) in [6, 6.07) is 10.3. The molecule has 2 aromatic carbocycles. The molecule has 1 aliphatic heterocycles. The van der Waals surface area contributed by atoms with E-state index in [1.165, 1.54) is 62.4 Å². The van der Waals surface area contributed by atoms with E-state index >= 15 is 0 Å². The summed E-state index contributed by atoms with van der Waals surface area (Å²) in [5.74, 6) is 1.85. The number of nitrogens with one attached hydrogen (secondary N) is 1. The predicted octanol–water partition coefficient (Wildman–Crippen LogP) is 4.25. The van der Waals surface area contributed by atoms with Crippen LogP contribution in [-0.2, 0) is 0 Å². The van der Waals surface area contributed by atoms with Crippen molar-refractivity contribution < 1.29 is 18.9 Å². The normalized spacial score (nSPS) is 28.3.